The predicted octanol–water partition coefficient (Wildman–Crippen LogP) is 0.260. The fraction of sp³-hybridized carbons (Fsp3) is 0.222. The second kappa shape index (κ2) is 5.25. The number of rotatable bonds is 4. The minimum absolute atomic E-state index is 0.0248. The maximum absolute atomic E-state index is 11.7. The summed E-state index contributed by atoms with van der Waals surface area (Å²) in [6.45, 7) is 0. The average molecular weight is 247 g/mol. The first-order valence-corrected chi connectivity index (χ1v) is 5.89. The molecule has 1 rings (SSSR count). The molecule has 0 radical (unpaired) electrons. The molecule has 0 aromatic heterocycles. The summed E-state index contributed by atoms with van der Waals surface area (Å²) >= 11 is 5.67. The van der Waals surface area contributed by atoms with Crippen LogP contribution in [0, 0.1) is 0 Å². The van der Waals surface area contributed by atoms with E-state index in [1.807, 2.05) is 0 Å². The molecule has 82 valence electrons. The van der Waals surface area contributed by atoms with E-state index >= 15 is 0 Å². The standard InChI is InChI=1S/C9H11ClN2O2S/c10-6-1-3-7(4-2-6)15(14)5-8(11)9(12)13/h1-4,8H,5,11H2,(H2,12,13). The van der Waals surface area contributed by atoms with Crippen LogP contribution in [0.15, 0.2) is 29.2 Å². The lowest BCUT2D eigenvalue weighted by atomic mass is 10.3. The molecule has 4 N–H and O–H groups in total. The number of carbonyl (C=O) groups excluding carboxylic acids is 1. The first-order chi connectivity index (χ1) is 7.00. The lowest BCUT2D eigenvalue weighted by molar-refractivity contribution is -0.118. The average Bonchev–Trinajstić information content (AvgIpc) is 2.18. The van der Waals surface area contributed by atoms with Crippen LogP contribution < -0.4 is 11.5 Å². The van der Waals surface area contributed by atoms with E-state index in [9.17, 15) is 9.00 Å². The number of primary amides is 1. The van der Waals surface area contributed by atoms with E-state index in [1.54, 1.807) is 24.3 Å². The molecule has 6 heteroatoms. The summed E-state index contributed by atoms with van der Waals surface area (Å²) in [6.07, 6.45) is 0. The first kappa shape index (κ1) is 12.2. The van der Waals surface area contributed by atoms with Gasteiger partial charge in [-0.2, -0.15) is 0 Å². The molecular weight excluding hydrogens is 236 g/mol. The van der Waals surface area contributed by atoms with E-state index in [0.717, 1.165) is 0 Å². The summed E-state index contributed by atoms with van der Waals surface area (Å²) in [5.74, 6) is -0.630. The third kappa shape index (κ3) is 3.62. The molecule has 0 aliphatic heterocycles. The van der Waals surface area contributed by atoms with Crippen LogP contribution in [0.1, 0.15) is 0 Å². The Morgan fingerprint density at radius 2 is 1.93 bits per heavy atom. The van der Waals surface area contributed by atoms with Gasteiger partial charge in [-0.25, -0.2) is 0 Å². The van der Waals surface area contributed by atoms with E-state index in [1.165, 1.54) is 0 Å². The lowest BCUT2D eigenvalue weighted by Gasteiger charge is -2.06. The maximum atomic E-state index is 11.7. The minimum Gasteiger partial charge on any atom is -0.368 e. The number of nitrogens with two attached hydrogens (primary N) is 2. The molecule has 0 aliphatic carbocycles. The molecule has 1 aromatic rings. The van der Waals surface area contributed by atoms with Crippen molar-refractivity contribution in [2.24, 2.45) is 11.5 Å². The largest absolute Gasteiger partial charge is 0.368 e. The third-order valence-electron chi connectivity index (χ3n) is 1.77. The monoisotopic (exact) mass is 246 g/mol. The van der Waals surface area contributed by atoms with Crippen LogP contribution in [-0.2, 0) is 15.6 Å². The van der Waals surface area contributed by atoms with Gasteiger partial charge in [-0.05, 0) is 24.3 Å². The highest BCUT2D eigenvalue weighted by Crippen LogP contribution is 2.12. The Hall–Kier alpha value is -0.910. The molecule has 0 saturated carbocycles. The smallest absolute Gasteiger partial charge is 0.235 e. The normalized spacial score (nSPS) is 14.5. The molecule has 0 saturated heterocycles. The first-order valence-electron chi connectivity index (χ1n) is 4.19. The fourth-order valence-electron chi connectivity index (χ4n) is 0.928. The van der Waals surface area contributed by atoms with Crippen molar-refractivity contribution < 1.29 is 9.00 Å². The number of carbonyl (C=O) groups is 1. The zero-order chi connectivity index (χ0) is 11.4. The van der Waals surface area contributed by atoms with Gasteiger partial charge in [0.2, 0.25) is 5.91 Å². The van der Waals surface area contributed by atoms with Gasteiger partial charge in [-0.1, -0.05) is 11.6 Å². The highest BCUT2D eigenvalue weighted by molar-refractivity contribution is 7.85. The molecule has 2 atom stereocenters. The minimum atomic E-state index is -1.33. The van der Waals surface area contributed by atoms with Crippen molar-refractivity contribution in [3.8, 4) is 0 Å². The van der Waals surface area contributed by atoms with Crippen molar-refractivity contribution in [3.05, 3.63) is 29.3 Å². The maximum Gasteiger partial charge on any atom is 0.235 e. The van der Waals surface area contributed by atoms with Gasteiger partial charge in [0.25, 0.3) is 0 Å². The summed E-state index contributed by atoms with van der Waals surface area (Å²) in [4.78, 5) is 11.2. The van der Waals surface area contributed by atoms with E-state index in [0.29, 0.717) is 9.92 Å². The van der Waals surface area contributed by atoms with Crippen LogP contribution in [0.25, 0.3) is 0 Å². The molecule has 0 bridgehead atoms. The summed E-state index contributed by atoms with van der Waals surface area (Å²) in [5.41, 5.74) is 10.4. The molecule has 0 spiro atoms. The zero-order valence-corrected chi connectivity index (χ0v) is 9.42. The van der Waals surface area contributed by atoms with E-state index < -0.39 is 22.7 Å². The summed E-state index contributed by atoms with van der Waals surface area (Å²) in [5, 5.41) is 0.565. The molecule has 0 aliphatic rings. The number of halogens is 1. The van der Waals surface area contributed by atoms with Gasteiger partial charge in [0.05, 0.1) is 22.6 Å². The van der Waals surface area contributed by atoms with Gasteiger partial charge in [0.1, 0.15) is 0 Å². The van der Waals surface area contributed by atoms with Crippen LogP contribution in [0.4, 0.5) is 0 Å². The predicted molar refractivity (Wildman–Crippen MR) is 59.9 cm³/mol. The summed E-state index contributed by atoms with van der Waals surface area (Å²) in [7, 11) is -1.33. The highest BCUT2D eigenvalue weighted by Gasteiger charge is 2.14. The molecule has 15 heavy (non-hydrogen) atoms. The SMILES string of the molecule is NC(=O)C(N)CS(=O)c1ccc(Cl)cc1. The quantitative estimate of drug-likeness (QED) is 0.799. The highest BCUT2D eigenvalue weighted by atomic mass is 35.5. The van der Waals surface area contributed by atoms with Gasteiger partial charge >= 0.3 is 0 Å². The number of benzene rings is 1. The van der Waals surface area contributed by atoms with Crippen LogP contribution in [-0.4, -0.2) is 21.9 Å². The fourth-order valence-corrected chi connectivity index (χ4v) is 2.18. The number of amides is 1. The van der Waals surface area contributed by atoms with Crippen molar-refractivity contribution in [3.63, 3.8) is 0 Å². The Morgan fingerprint density at radius 3 is 2.40 bits per heavy atom. The molecule has 0 fully saturated rings. The lowest BCUT2D eigenvalue weighted by Crippen LogP contribution is -2.40. The Morgan fingerprint density at radius 1 is 1.40 bits per heavy atom. The summed E-state index contributed by atoms with van der Waals surface area (Å²) in [6, 6.07) is 5.63. The van der Waals surface area contributed by atoms with Gasteiger partial charge in [-0.3, -0.25) is 9.00 Å². The van der Waals surface area contributed by atoms with Gasteiger partial charge in [0, 0.05) is 9.92 Å². The van der Waals surface area contributed by atoms with Gasteiger partial charge in [0.15, 0.2) is 0 Å². The topological polar surface area (TPSA) is 86.2 Å². The third-order valence-corrected chi connectivity index (χ3v) is 3.48. The van der Waals surface area contributed by atoms with Gasteiger partial charge < -0.3 is 11.5 Å². The summed E-state index contributed by atoms with van der Waals surface area (Å²) < 4.78 is 11.7. The molecule has 1 aromatic carbocycles. The molecule has 0 heterocycles. The Kier molecular flexibility index (Phi) is 4.26. The number of hydrogen-bond donors (Lipinski definition) is 2. The van der Waals surface area contributed by atoms with Crippen molar-refractivity contribution in [2.75, 3.05) is 5.75 Å². The van der Waals surface area contributed by atoms with Crippen LogP contribution in [0.3, 0.4) is 0 Å². The Labute approximate surface area is 95.0 Å². The van der Waals surface area contributed by atoms with E-state index in [-0.39, 0.29) is 5.75 Å². The van der Waals surface area contributed by atoms with Crippen LogP contribution >= 0.6 is 11.6 Å². The van der Waals surface area contributed by atoms with Crippen molar-refractivity contribution in [2.45, 2.75) is 10.9 Å². The zero-order valence-electron chi connectivity index (χ0n) is 7.85. The van der Waals surface area contributed by atoms with Crippen molar-refractivity contribution >= 4 is 28.3 Å². The molecular formula is C9H11ClN2O2S. The van der Waals surface area contributed by atoms with E-state index in [2.05, 4.69) is 0 Å². The second-order valence-corrected chi connectivity index (χ2v) is 4.91. The second-order valence-electron chi connectivity index (χ2n) is 2.97. The molecule has 2 unspecified atom stereocenters. The van der Waals surface area contributed by atoms with Crippen molar-refractivity contribution in [1.29, 1.82) is 0 Å². The van der Waals surface area contributed by atoms with Crippen LogP contribution in [0.2, 0.25) is 5.02 Å². The van der Waals surface area contributed by atoms with E-state index in [4.69, 9.17) is 23.1 Å². The van der Waals surface area contributed by atoms with Crippen molar-refractivity contribution in [1.82, 2.24) is 0 Å². The van der Waals surface area contributed by atoms with Gasteiger partial charge in [-0.15, -0.1) is 0 Å². The molecule has 4 nitrogen and oxygen atoms in total. The number of hydrogen-bond acceptors (Lipinski definition) is 3. The van der Waals surface area contributed by atoms with Crippen LogP contribution in [0.5, 0.6) is 0 Å². The Balaban J connectivity index is 2.69. The molecule has 1 amide bonds. The Bertz CT molecular complexity index is 380.